The van der Waals surface area contributed by atoms with E-state index in [9.17, 15) is 4.39 Å². The molecule has 18 heavy (non-hydrogen) atoms. The fourth-order valence-corrected chi connectivity index (χ4v) is 2.55. The van der Waals surface area contributed by atoms with Crippen LogP contribution >= 0.6 is 0 Å². The van der Waals surface area contributed by atoms with Crippen molar-refractivity contribution < 1.29 is 4.39 Å². The van der Waals surface area contributed by atoms with Crippen molar-refractivity contribution >= 4 is 0 Å². The number of piperidine rings is 1. The van der Waals surface area contributed by atoms with E-state index in [1.54, 1.807) is 0 Å². The molecular formula is C15H23FN2. The molecule has 0 radical (unpaired) electrons. The van der Waals surface area contributed by atoms with E-state index in [0.29, 0.717) is 12.1 Å². The monoisotopic (exact) mass is 250 g/mol. The third-order valence-corrected chi connectivity index (χ3v) is 3.97. The third kappa shape index (κ3) is 3.79. The quantitative estimate of drug-likeness (QED) is 0.883. The van der Waals surface area contributed by atoms with Crippen LogP contribution in [0.5, 0.6) is 0 Å². The SMILES string of the molecule is CC1CC(NCCc2ccc(F)cc2)CCN1C. The Morgan fingerprint density at radius 3 is 2.72 bits per heavy atom. The molecule has 0 aliphatic carbocycles. The average Bonchev–Trinajstić information content (AvgIpc) is 2.36. The van der Waals surface area contributed by atoms with E-state index in [2.05, 4.69) is 24.2 Å². The van der Waals surface area contributed by atoms with Gasteiger partial charge in [-0.2, -0.15) is 0 Å². The minimum Gasteiger partial charge on any atom is -0.314 e. The van der Waals surface area contributed by atoms with Crippen molar-refractivity contribution in [2.45, 2.75) is 38.3 Å². The van der Waals surface area contributed by atoms with Crippen molar-refractivity contribution in [2.24, 2.45) is 0 Å². The van der Waals surface area contributed by atoms with Gasteiger partial charge in [0, 0.05) is 12.1 Å². The molecular weight excluding hydrogens is 227 g/mol. The highest BCUT2D eigenvalue weighted by molar-refractivity contribution is 5.16. The number of hydrogen-bond acceptors (Lipinski definition) is 2. The lowest BCUT2D eigenvalue weighted by Gasteiger charge is -2.35. The zero-order chi connectivity index (χ0) is 13.0. The Balaban J connectivity index is 1.71. The maximum Gasteiger partial charge on any atom is 0.123 e. The molecule has 2 unspecified atom stereocenters. The van der Waals surface area contributed by atoms with E-state index in [1.165, 1.54) is 37.1 Å². The summed E-state index contributed by atoms with van der Waals surface area (Å²) in [4.78, 5) is 2.41. The second-order valence-corrected chi connectivity index (χ2v) is 5.38. The minimum absolute atomic E-state index is 0.157. The number of benzene rings is 1. The van der Waals surface area contributed by atoms with Crippen molar-refractivity contribution in [3.8, 4) is 0 Å². The Hall–Kier alpha value is -0.930. The Bertz CT molecular complexity index is 363. The Kier molecular flexibility index (Phi) is 4.72. The summed E-state index contributed by atoms with van der Waals surface area (Å²) in [6.45, 7) is 4.44. The Labute approximate surface area is 109 Å². The fourth-order valence-electron chi connectivity index (χ4n) is 2.55. The lowest BCUT2D eigenvalue weighted by Crippen LogP contribution is -2.46. The van der Waals surface area contributed by atoms with Gasteiger partial charge in [0.15, 0.2) is 0 Å². The van der Waals surface area contributed by atoms with Crippen molar-refractivity contribution in [3.63, 3.8) is 0 Å². The van der Waals surface area contributed by atoms with Crippen molar-refractivity contribution in [3.05, 3.63) is 35.6 Å². The molecule has 0 spiro atoms. The van der Waals surface area contributed by atoms with Crippen LogP contribution < -0.4 is 5.32 Å². The molecule has 1 aromatic carbocycles. The molecule has 100 valence electrons. The number of halogens is 1. The first-order valence-corrected chi connectivity index (χ1v) is 6.83. The summed E-state index contributed by atoms with van der Waals surface area (Å²) < 4.78 is 12.8. The summed E-state index contributed by atoms with van der Waals surface area (Å²) in [5.41, 5.74) is 1.20. The van der Waals surface area contributed by atoms with Crippen LogP contribution in [-0.4, -0.2) is 37.1 Å². The second-order valence-electron chi connectivity index (χ2n) is 5.38. The van der Waals surface area contributed by atoms with E-state index >= 15 is 0 Å². The first-order valence-electron chi connectivity index (χ1n) is 6.83. The highest BCUT2D eigenvalue weighted by Crippen LogP contribution is 2.15. The second kappa shape index (κ2) is 6.30. The highest BCUT2D eigenvalue weighted by atomic mass is 19.1. The molecule has 0 aromatic heterocycles. The number of hydrogen-bond donors (Lipinski definition) is 1. The van der Waals surface area contributed by atoms with E-state index in [1.807, 2.05) is 12.1 Å². The normalized spacial score (nSPS) is 25.3. The standard InChI is InChI=1S/C15H23FN2/c1-12-11-15(8-10-18(12)2)17-9-7-13-3-5-14(16)6-4-13/h3-6,12,15,17H,7-11H2,1-2H3. The number of nitrogens with one attached hydrogen (secondary N) is 1. The smallest absolute Gasteiger partial charge is 0.123 e. The van der Waals surface area contributed by atoms with Crippen molar-refractivity contribution in [1.29, 1.82) is 0 Å². The summed E-state index contributed by atoms with van der Waals surface area (Å²) in [6, 6.07) is 8.11. The predicted octanol–water partition coefficient (Wildman–Crippen LogP) is 2.44. The molecule has 1 fully saturated rings. The largest absolute Gasteiger partial charge is 0.314 e. The van der Waals surface area contributed by atoms with Crippen LogP contribution in [0.15, 0.2) is 24.3 Å². The van der Waals surface area contributed by atoms with E-state index < -0.39 is 0 Å². The summed E-state index contributed by atoms with van der Waals surface area (Å²) in [6.07, 6.45) is 3.42. The van der Waals surface area contributed by atoms with Crippen LogP contribution in [0.2, 0.25) is 0 Å². The van der Waals surface area contributed by atoms with Gasteiger partial charge in [0.25, 0.3) is 0 Å². The van der Waals surface area contributed by atoms with Gasteiger partial charge in [-0.15, -0.1) is 0 Å². The predicted molar refractivity (Wildman–Crippen MR) is 73.2 cm³/mol. The van der Waals surface area contributed by atoms with Gasteiger partial charge >= 0.3 is 0 Å². The van der Waals surface area contributed by atoms with E-state index in [-0.39, 0.29) is 5.82 Å². The Morgan fingerprint density at radius 1 is 1.33 bits per heavy atom. The molecule has 0 bridgehead atoms. The van der Waals surface area contributed by atoms with Crippen LogP contribution in [0.25, 0.3) is 0 Å². The van der Waals surface area contributed by atoms with Crippen LogP contribution in [0, 0.1) is 5.82 Å². The third-order valence-electron chi connectivity index (χ3n) is 3.97. The van der Waals surface area contributed by atoms with Crippen LogP contribution in [0.4, 0.5) is 4.39 Å². The summed E-state index contributed by atoms with van der Waals surface area (Å²) >= 11 is 0. The lowest BCUT2D eigenvalue weighted by molar-refractivity contribution is 0.169. The summed E-state index contributed by atoms with van der Waals surface area (Å²) in [5, 5.41) is 3.62. The first kappa shape index (κ1) is 13.5. The van der Waals surface area contributed by atoms with Gasteiger partial charge in [-0.3, -0.25) is 0 Å². The van der Waals surface area contributed by atoms with Gasteiger partial charge in [0.05, 0.1) is 0 Å². The molecule has 1 aliphatic heterocycles. The Morgan fingerprint density at radius 2 is 2.06 bits per heavy atom. The number of rotatable bonds is 4. The average molecular weight is 250 g/mol. The number of nitrogens with zero attached hydrogens (tertiary/aromatic N) is 1. The van der Waals surface area contributed by atoms with Gasteiger partial charge in [-0.05, 0) is 64.0 Å². The molecule has 2 nitrogen and oxygen atoms in total. The maximum absolute atomic E-state index is 12.8. The molecule has 0 amide bonds. The van der Waals surface area contributed by atoms with Crippen LogP contribution in [0.1, 0.15) is 25.3 Å². The lowest BCUT2D eigenvalue weighted by atomic mass is 9.99. The van der Waals surface area contributed by atoms with E-state index in [0.717, 1.165) is 13.0 Å². The molecule has 0 saturated carbocycles. The zero-order valence-electron chi connectivity index (χ0n) is 11.3. The van der Waals surface area contributed by atoms with Crippen LogP contribution in [-0.2, 0) is 6.42 Å². The van der Waals surface area contributed by atoms with Gasteiger partial charge in [0.2, 0.25) is 0 Å². The summed E-state index contributed by atoms with van der Waals surface area (Å²) in [7, 11) is 2.19. The first-order chi connectivity index (χ1) is 8.65. The maximum atomic E-state index is 12.8. The summed E-state index contributed by atoms with van der Waals surface area (Å²) in [5.74, 6) is -0.157. The molecule has 1 heterocycles. The number of likely N-dealkylation sites (tertiary alicyclic amines) is 1. The van der Waals surface area contributed by atoms with Gasteiger partial charge in [-0.25, -0.2) is 4.39 Å². The molecule has 1 saturated heterocycles. The molecule has 3 heteroatoms. The molecule has 1 N–H and O–H groups in total. The topological polar surface area (TPSA) is 15.3 Å². The highest BCUT2D eigenvalue weighted by Gasteiger charge is 2.21. The molecule has 2 rings (SSSR count). The van der Waals surface area contributed by atoms with Gasteiger partial charge in [-0.1, -0.05) is 12.1 Å². The van der Waals surface area contributed by atoms with Crippen LogP contribution in [0.3, 0.4) is 0 Å². The van der Waals surface area contributed by atoms with Crippen molar-refractivity contribution in [2.75, 3.05) is 20.1 Å². The fraction of sp³-hybridized carbons (Fsp3) is 0.600. The minimum atomic E-state index is -0.157. The molecule has 1 aliphatic rings. The van der Waals surface area contributed by atoms with Gasteiger partial charge < -0.3 is 10.2 Å². The molecule has 1 aromatic rings. The van der Waals surface area contributed by atoms with Gasteiger partial charge in [0.1, 0.15) is 5.82 Å². The van der Waals surface area contributed by atoms with E-state index in [4.69, 9.17) is 0 Å². The van der Waals surface area contributed by atoms with Crippen molar-refractivity contribution in [1.82, 2.24) is 10.2 Å². The zero-order valence-corrected chi connectivity index (χ0v) is 11.3. The molecule has 2 atom stereocenters.